The van der Waals surface area contributed by atoms with Gasteiger partial charge in [0.05, 0.1) is 13.2 Å². The molecule has 1 heterocycles. The minimum absolute atomic E-state index is 0.0456. The van der Waals surface area contributed by atoms with E-state index < -0.39 is 0 Å². The Balaban J connectivity index is 1.30. The lowest BCUT2D eigenvalue weighted by atomic mass is 9.87. The van der Waals surface area contributed by atoms with E-state index in [9.17, 15) is 4.79 Å². The highest BCUT2D eigenvalue weighted by atomic mass is 16.5. The Morgan fingerprint density at radius 1 is 0.941 bits per heavy atom. The Morgan fingerprint density at radius 2 is 1.71 bits per heavy atom. The number of hydrogen-bond donors (Lipinski definition) is 1. The molecule has 1 unspecified atom stereocenters. The molecule has 1 N–H and O–H groups in total. The Hall–Kier alpha value is -4.19. The molecule has 0 saturated carbocycles. The predicted molar refractivity (Wildman–Crippen MR) is 130 cm³/mol. The fraction of sp³-hybridized carbons (Fsp3) is 0.179. The van der Waals surface area contributed by atoms with Crippen molar-refractivity contribution in [2.45, 2.75) is 25.3 Å². The zero-order valence-corrected chi connectivity index (χ0v) is 18.9. The van der Waals surface area contributed by atoms with E-state index >= 15 is 0 Å². The number of carbonyl (C=O) groups is 1. The van der Waals surface area contributed by atoms with Crippen LogP contribution in [-0.4, -0.2) is 23.0 Å². The topological polar surface area (TPSA) is 73.3 Å². The zero-order valence-electron chi connectivity index (χ0n) is 18.9. The normalized spacial score (nSPS) is 14.7. The number of hydrogen-bond acceptors (Lipinski definition) is 5. The number of ether oxygens (including phenoxy) is 2. The quantitative estimate of drug-likeness (QED) is 0.404. The first kappa shape index (κ1) is 21.6. The van der Waals surface area contributed by atoms with Gasteiger partial charge in [-0.3, -0.25) is 4.79 Å². The standard InChI is InChI=1S/C28H25N3O3/c1-33-24-11-4-5-12-25(24)34-26-17-18-29-27(31-26)20-13-15-21(16-14-20)28(32)30-23-10-6-8-19-7-2-3-9-22(19)23/h2-5,7,9,11-18,23H,6,8,10H2,1H3,(H,30,32). The number of aromatic nitrogens is 2. The van der Waals surface area contributed by atoms with Gasteiger partial charge < -0.3 is 14.8 Å². The van der Waals surface area contributed by atoms with Crippen LogP contribution in [0.3, 0.4) is 0 Å². The van der Waals surface area contributed by atoms with Crippen molar-refractivity contribution in [1.82, 2.24) is 15.3 Å². The maximum atomic E-state index is 12.9. The van der Waals surface area contributed by atoms with Crippen molar-refractivity contribution >= 4 is 5.91 Å². The number of benzene rings is 3. The summed E-state index contributed by atoms with van der Waals surface area (Å²) < 4.78 is 11.2. The van der Waals surface area contributed by atoms with Gasteiger partial charge in [0.15, 0.2) is 17.3 Å². The highest BCUT2D eigenvalue weighted by Crippen LogP contribution is 2.31. The smallest absolute Gasteiger partial charge is 0.251 e. The number of methoxy groups -OCH3 is 1. The van der Waals surface area contributed by atoms with Gasteiger partial charge in [0.2, 0.25) is 5.88 Å². The molecule has 4 aromatic rings. The Bertz CT molecular complexity index is 1300. The van der Waals surface area contributed by atoms with Gasteiger partial charge in [-0.2, -0.15) is 4.98 Å². The van der Waals surface area contributed by atoms with Gasteiger partial charge in [-0.05, 0) is 54.7 Å². The number of amides is 1. The third-order valence-corrected chi connectivity index (χ3v) is 5.99. The maximum absolute atomic E-state index is 12.9. The molecule has 1 amide bonds. The van der Waals surface area contributed by atoms with E-state index in [1.54, 1.807) is 31.5 Å². The van der Waals surface area contributed by atoms with Crippen molar-refractivity contribution in [3.63, 3.8) is 0 Å². The lowest BCUT2D eigenvalue weighted by Gasteiger charge is -2.26. The van der Waals surface area contributed by atoms with Gasteiger partial charge in [0.25, 0.3) is 5.91 Å². The van der Waals surface area contributed by atoms with Gasteiger partial charge in [-0.1, -0.05) is 48.5 Å². The number of aryl methyl sites for hydroxylation is 1. The van der Waals surface area contributed by atoms with Crippen molar-refractivity contribution in [2.24, 2.45) is 0 Å². The molecule has 0 fully saturated rings. The molecule has 0 spiro atoms. The van der Waals surface area contributed by atoms with E-state index in [-0.39, 0.29) is 11.9 Å². The first-order valence-electron chi connectivity index (χ1n) is 11.3. The van der Waals surface area contributed by atoms with Gasteiger partial charge in [0.1, 0.15) is 0 Å². The maximum Gasteiger partial charge on any atom is 0.251 e. The largest absolute Gasteiger partial charge is 0.493 e. The molecule has 0 aliphatic heterocycles. The summed E-state index contributed by atoms with van der Waals surface area (Å²) in [5.41, 5.74) is 3.94. The number of nitrogens with zero attached hydrogens (tertiary/aromatic N) is 2. The number of rotatable bonds is 6. The Morgan fingerprint density at radius 3 is 2.53 bits per heavy atom. The first-order chi connectivity index (χ1) is 16.7. The monoisotopic (exact) mass is 451 g/mol. The van der Waals surface area contributed by atoms with Crippen LogP contribution in [0.1, 0.15) is 40.4 Å². The summed E-state index contributed by atoms with van der Waals surface area (Å²) in [5.74, 6) is 2.04. The van der Waals surface area contributed by atoms with E-state index in [0.29, 0.717) is 28.8 Å². The molecule has 0 radical (unpaired) electrons. The Labute approximate surface area is 198 Å². The van der Waals surface area contributed by atoms with E-state index in [4.69, 9.17) is 9.47 Å². The summed E-state index contributed by atoms with van der Waals surface area (Å²) in [5, 5.41) is 3.20. The van der Waals surface area contributed by atoms with Crippen molar-refractivity contribution in [2.75, 3.05) is 7.11 Å². The third kappa shape index (κ3) is 4.62. The molecule has 0 bridgehead atoms. The molecule has 1 atom stereocenters. The van der Waals surface area contributed by atoms with Crippen molar-refractivity contribution in [1.29, 1.82) is 0 Å². The van der Waals surface area contributed by atoms with E-state index in [1.165, 1.54) is 11.1 Å². The zero-order chi connectivity index (χ0) is 23.3. The SMILES string of the molecule is COc1ccccc1Oc1ccnc(-c2ccc(C(=O)NC3CCCc4ccccc43)cc2)n1. The Kier molecular flexibility index (Phi) is 6.21. The summed E-state index contributed by atoms with van der Waals surface area (Å²) in [6.45, 7) is 0. The molecule has 1 aromatic heterocycles. The fourth-order valence-electron chi connectivity index (χ4n) is 4.27. The molecule has 170 valence electrons. The van der Waals surface area contributed by atoms with Crippen LogP contribution in [0.2, 0.25) is 0 Å². The van der Waals surface area contributed by atoms with E-state index in [1.807, 2.05) is 42.5 Å². The van der Waals surface area contributed by atoms with Gasteiger partial charge in [0, 0.05) is 23.4 Å². The molecule has 3 aromatic carbocycles. The van der Waals surface area contributed by atoms with Gasteiger partial charge in [-0.15, -0.1) is 0 Å². The molecule has 1 aliphatic carbocycles. The van der Waals surface area contributed by atoms with Crippen LogP contribution in [-0.2, 0) is 6.42 Å². The molecular weight excluding hydrogens is 426 g/mol. The van der Waals surface area contributed by atoms with Gasteiger partial charge in [-0.25, -0.2) is 4.98 Å². The van der Waals surface area contributed by atoms with E-state index in [2.05, 4.69) is 33.5 Å². The average molecular weight is 452 g/mol. The predicted octanol–water partition coefficient (Wildman–Crippen LogP) is 5.75. The fourth-order valence-corrected chi connectivity index (χ4v) is 4.27. The van der Waals surface area contributed by atoms with Crippen LogP contribution >= 0.6 is 0 Å². The number of fused-ring (bicyclic) bond motifs is 1. The summed E-state index contributed by atoms with van der Waals surface area (Å²) >= 11 is 0. The highest BCUT2D eigenvalue weighted by molar-refractivity contribution is 5.94. The number of carbonyl (C=O) groups excluding carboxylic acids is 1. The molecule has 1 aliphatic rings. The molecule has 6 nitrogen and oxygen atoms in total. The van der Waals surface area contributed by atoms with Crippen molar-refractivity contribution < 1.29 is 14.3 Å². The van der Waals surface area contributed by atoms with Crippen LogP contribution in [0.25, 0.3) is 11.4 Å². The van der Waals surface area contributed by atoms with Crippen LogP contribution in [0.15, 0.2) is 85.1 Å². The molecule has 0 saturated heterocycles. The van der Waals surface area contributed by atoms with Crippen LogP contribution in [0.5, 0.6) is 17.4 Å². The summed E-state index contributed by atoms with van der Waals surface area (Å²) in [7, 11) is 1.60. The first-order valence-corrected chi connectivity index (χ1v) is 11.3. The van der Waals surface area contributed by atoms with Crippen molar-refractivity contribution in [3.8, 4) is 28.8 Å². The number of nitrogens with one attached hydrogen (secondary N) is 1. The lowest BCUT2D eigenvalue weighted by Crippen LogP contribution is -2.30. The minimum Gasteiger partial charge on any atom is -0.493 e. The second-order valence-electron chi connectivity index (χ2n) is 8.17. The molecule has 6 heteroatoms. The lowest BCUT2D eigenvalue weighted by molar-refractivity contribution is 0.0932. The summed E-state index contributed by atoms with van der Waals surface area (Å²) in [6, 6.07) is 24.8. The number of para-hydroxylation sites is 2. The van der Waals surface area contributed by atoms with Crippen LogP contribution in [0.4, 0.5) is 0 Å². The van der Waals surface area contributed by atoms with E-state index in [0.717, 1.165) is 24.8 Å². The van der Waals surface area contributed by atoms with Gasteiger partial charge >= 0.3 is 0 Å². The summed E-state index contributed by atoms with van der Waals surface area (Å²) in [6.07, 6.45) is 4.74. The second-order valence-corrected chi connectivity index (χ2v) is 8.17. The van der Waals surface area contributed by atoms with Crippen molar-refractivity contribution in [3.05, 3.63) is 102 Å². The average Bonchev–Trinajstić information content (AvgIpc) is 2.89. The molecular formula is C28H25N3O3. The second kappa shape index (κ2) is 9.75. The minimum atomic E-state index is -0.0811. The highest BCUT2D eigenvalue weighted by Gasteiger charge is 2.22. The molecule has 34 heavy (non-hydrogen) atoms. The molecule has 5 rings (SSSR count). The van der Waals surface area contributed by atoms with Crippen LogP contribution in [0, 0.1) is 0 Å². The summed E-state index contributed by atoms with van der Waals surface area (Å²) in [4.78, 5) is 21.8. The van der Waals surface area contributed by atoms with Crippen LogP contribution < -0.4 is 14.8 Å². The third-order valence-electron chi connectivity index (χ3n) is 5.99.